The number of esters is 1. The Balaban J connectivity index is 1.26. The number of hydrogen-bond acceptors (Lipinski definition) is 11. The number of nitrogens with zero attached hydrogens (tertiary/aromatic N) is 6. The maximum atomic E-state index is 13.6. The van der Waals surface area contributed by atoms with E-state index >= 15 is 0 Å². The first-order valence-corrected chi connectivity index (χ1v) is 13.6. The number of hydrogen-bond donors (Lipinski definition) is 0. The van der Waals surface area contributed by atoms with E-state index in [1.54, 1.807) is 21.5 Å². The van der Waals surface area contributed by atoms with Crippen molar-refractivity contribution in [1.29, 1.82) is 0 Å². The van der Waals surface area contributed by atoms with Gasteiger partial charge in [0.2, 0.25) is 10.7 Å². The van der Waals surface area contributed by atoms with E-state index < -0.39 is 12.0 Å². The molecule has 0 spiro atoms. The van der Waals surface area contributed by atoms with Crippen molar-refractivity contribution in [3.63, 3.8) is 0 Å². The Morgan fingerprint density at radius 1 is 1.15 bits per heavy atom. The average Bonchev–Trinajstić information content (AvgIpc) is 3.66. The Bertz CT molecular complexity index is 1540. The van der Waals surface area contributed by atoms with Crippen LogP contribution in [0.25, 0.3) is 4.96 Å². The Morgan fingerprint density at radius 2 is 1.97 bits per heavy atom. The molecule has 0 aromatic carbocycles. The van der Waals surface area contributed by atoms with Gasteiger partial charge >= 0.3 is 5.97 Å². The van der Waals surface area contributed by atoms with Gasteiger partial charge in [-0.05, 0) is 31.2 Å². The van der Waals surface area contributed by atoms with Crippen molar-refractivity contribution < 1.29 is 28.2 Å². The van der Waals surface area contributed by atoms with Crippen LogP contribution in [0.2, 0.25) is 5.15 Å². The molecule has 0 bridgehead atoms. The molecule has 2 aliphatic rings. The van der Waals surface area contributed by atoms with Crippen LogP contribution in [0, 0.1) is 6.92 Å². The fourth-order valence-corrected chi connectivity index (χ4v) is 5.81. The van der Waals surface area contributed by atoms with Gasteiger partial charge < -0.3 is 28.4 Å². The zero-order valence-corrected chi connectivity index (χ0v) is 22.8. The molecule has 39 heavy (non-hydrogen) atoms. The largest absolute Gasteiger partial charge is 0.481 e. The number of ether oxygens (including phenoxy) is 3. The van der Waals surface area contributed by atoms with Crippen molar-refractivity contribution in [2.75, 3.05) is 51.5 Å². The fourth-order valence-electron chi connectivity index (χ4n) is 4.84. The standard InChI is InChI=1S/C25H25ClN6O6S/c1-14-29-32-21-15(27-25(32)39-14)7-8-31(22(21)16-3-4-18(38-16)24(34)35-2)20(33)13-37-17-5-6-19(28-23(17)26)30-9-11-36-12-10-30/h3-6,22H,7-13H2,1-2H3. The average molecular weight is 573 g/mol. The molecular weight excluding hydrogens is 548 g/mol. The lowest BCUT2D eigenvalue weighted by molar-refractivity contribution is -0.136. The third-order valence-electron chi connectivity index (χ3n) is 6.66. The van der Waals surface area contributed by atoms with Crippen LogP contribution < -0.4 is 9.64 Å². The lowest BCUT2D eigenvalue weighted by Gasteiger charge is -2.34. The fraction of sp³-hybridized carbons (Fsp3) is 0.400. The van der Waals surface area contributed by atoms with Gasteiger partial charge in [-0.2, -0.15) is 5.10 Å². The minimum Gasteiger partial charge on any atom is -0.481 e. The Kier molecular flexibility index (Phi) is 6.87. The van der Waals surface area contributed by atoms with Crippen LogP contribution in [0.3, 0.4) is 0 Å². The number of aromatic nitrogens is 4. The molecule has 1 amide bonds. The van der Waals surface area contributed by atoms with Crippen LogP contribution in [0.5, 0.6) is 5.75 Å². The number of halogens is 1. The molecular formula is C25H25ClN6O6S. The number of aryl methyl sites for hydroxylation is 1. The van der Waals surface area contributed by atoms with Gasteiger partial charge in [-0.15, -0.1) is 0 Å². The zero-order chi connectivity index (χ0) is 27.1. The molecule has 2 aliphatic heterocycles. The van der Waals surface area contributed by atoms with E-state index in [0.717, 1.165) is 34.6 Å². The first-order chi connectivity index (χ1) is 18.9. The van der Waals surface area contributed by atoms with E-state index in [4.69, 9.17) is 35.2 Å². The van der Waals surface area contributed by atoms with E-state index in [9.17, 15) is 9.59 Å². The number of anilines is 1. The van der Waals surface area contributed by atoms with E-state index in [2.05, 4.69) is 15.0 Å². The minimum absolute atomic E-state index is 0.0386. The summed E-state index contributed by atoms with van der Waals surface area (Å²) in [6.45, 7) is 4.71. The van der Waals surface area contributed by atoms with Crippen molar-refractivity contribution in [1.82, 2.24) is 24.5 Å². The summed E-state index contributed by atoms with van der Waals surface area (Å²) in [6, 6.07) is 6.06. The van der Waals surface area contributed by atoms with Gasteiger partial charge in [-0.3, -0.25) is 4.79 Å². The maximum absolute atomic E-state index is 13.6. The number of rotatable bonds is 6. The number of carbonyl (C=O) groups is 2. The van der Waals surface area contributed by atoms with Gasteiger partial charge in [0.15, 0.2) is 17.5 Å². The lowest BCUT2D eigenvalue weighted by Crippen LogP contribution is -2.43. The maximum Gasteiger partial charge on any atom is 0.373 e. The summed E-state index contributed by atoms with van der Waals surface area (Å²) in [5, 5.41) is 5.61. The number of methoxy groups -OCH3 is 1. The monoisotopic (exact) mass is 572 g/mol. The highest BCUT2D eigenvalue weighted by Gasteiger charge is 2.39. The second-order valence-electron chi connectivity index (χ2n) is 9.04. The minimum atomic E-state index is -0.669. The summed E-state index contributed by atoms with van der Waals surface area (Å²) in [7, 11) is 1.28. The van der Waals surface area contributed by atoms with E-state index in [0.29, 0.717) is 43.4 Å². The van der Waals surface area contributed by atoms with Crippen LogP contribution in [-0.4, -0.2) is 82.9 Å². The molecule has 0 aliphatic carbocycles. The third kappa shape index (κ3) is 4.81. The Hall–Kier alpha value is -3.68. The van der Waals surface area contributed by atoms with Gasteiger partial charge in [0.1, 0.15) is 22.6 Å². The zero-order valence-electron chi connectivity index (χ0n) is 21.3. The molecule has 4 aromatic rings. The van der Waals surface area contributed by atoms with Crippen LogP contribution in [0.15, 0.2) is 28.7 Å². The number of imidazole rings is 1. The van der Waals surface area contributed by atoms with Gasteiger partial charge in [-0.25, -0.2) is 19.3 Å². The van der Waals surface area contributed by atoms with Crippen LogP contribution >= 0.6 is 22.9 Å². The molecule has 0 radical (unpaired) electrons. The van der Waals surface area contributed by atoms with Crippen molar-refractivity contribution >= 4 is 45.6 Å². The molecule has 1 unspecified atom stereocenters. The van der Waals surface area contributed by atoms with Gasteiger partial charge in [0.25, 0.3) is 5.91 Å². The molecule has 1 atom stereocenters. The molecule has 0 saturated carbocycles. The van der Waals surface area contributed by atoms with E-state index in [1.165, 1.54) is 24.5 Å². The molecule has 6 heterocycles. The number of morpholine rings is 1. The summed E-state index contributed by atoms with van der Waals surface area (Å²) < 4.78 is 23.6. The Labute approximate surface area is 232 Å². The molecule has 14 heteroatoms. The summed E-state index contributed by atoms with van der Waals surface area (Å²) in [4.78, 5) is 39.3. The molecule has 1 fully saturated rings. The van der Waals surface area contributed by atoms with Crippen molar-refractivity contribution in [3.05, 3.63) is 57.3 Å². The SMILES string of the molecule is COC(=O)c1ccc(C2c3c(nc4sc(C)nn34)CCN2C(=O)COc2ccc(N3CCOCC3)nc2Cl)o1. The molecule has 12 nitrogen and oxygen atoms in total. The third-order valence-corrected chi connectivity index (χ3v) is 7.76. The first kappa shape index (κ1) is 25.6. The topological polar surface area (TPSA) is 125 Å². The quantitative estimate of drug-likeness (QED) is 0.251. The number of pyridine rings is 1. The van der Waals surface area contributed by atoms with E-state index in [-0.39, 0.29) is 23.4 Å². The summed E-state index contributed by atoms with van der Waals surface area (Å²) in [6.07, 6.45) is 0.536. The molecule has 1 saturated heterocycles. The second-order valence-corrected chi connectivity index (χ2v) is 10.6. The molecule has 0 N–H and O–H groups in total. The van der Waals surface area contributed by atoms with Gasteiger partial charge in [0.05, 0.1) is 31.7 Å². The van der Waals surface area contributed by atoms with E-state index in [1.807, 2.05) is 13.0 Å². The predicted molar refractivity (Wildman–Crippen MR) is 141 cm³/mol. The predicted octanol–water partition coefficient (Wildman–Crippen LogP) is 2.92. The summed E-state index contributed by atoms with van der Waals surface area (Å²) in [5.74, 6) is 0.571. The lowest BCUT2D eigenvalue weighted by atomic mass is 10.0. The van der Waals surface area contributed by atoms with Crippen LogP contribution in [0.1, 0.15) is 38.8 Å². The molecule has 4 aromatic heterocycles. The highest BCUT2D eigenvalue weighted by Crippen LogP contribution is 2.37. The highest BCUT2D eigenvalue weighted by atomic mass is 35.5. The van der Waals surface area contributed by atoms with Crippen LogP contribution in [0.4, 0.5) is 5.82 Å². The molecule has 204 valence electrons. The summed E-state index contributed by atoms with van der Waals surface area (Å²) in [5.41, 5.74) is 1.54. The van der Waals surface area contributed by atoms with Gasteiger partial charge in [-0.1, -0.05) is 22.9 Å². The number of furan rings is 1. The second kappa shape index (κ2) is 10.5. The number of carbonyl (C=O) groups excluding carboxylic acids is 2. The van der Waals surface area contributed by atoms with Crippen molar-refractivity contribution in [2.45, 2.75) is 19.4 Å². The van der Waals surface area contributed by atoms with Crippen molar-refractivity contribution in [2.24, 2.45) is 0 Å². The highest BCUT2D eigenvalue weighted by molar-refractivity contribution is 7.16. The van der Waals surface area contributed by atoms with Crippen LogP contribution in [-0.2, 0) is 20.7 Å². The normalized spacial score (nSPS) is 17.4. The molecule has 6 rings (SSSR count). The van der Waals surface area contributed by atoms with Crippen molar-refractivity contribution in [3.8, 4) is 5.75 Å². The van der Waals surface area contributed by atoms with Gasteiger partial charge in [0, 0.05) is 26.1 Å². The first-order valence-electron chi connectivity index (χ1n) is 12.4. The smallest absolute Gasteiger partial charge is 0.373 e. The summed E-state index contributed by atoms with van der Waals surface area (Å²) >= 11 is 7.87. The Morgan fingerprint density at radius 3 is 2.74 bits per heavy atom. The number of amides is 1. The number of fused-ring (bicyclic) bond motifs is 3.